The SMILES string of the molecule is CN(CCC1Cc2ncccc2C(=O)N(C)C1)Cc1ccccc1. The summed E-state index contributed by atoms with van der Waals surface area (Å²) in [6.07, 6.45) is 3.73. The number of hydrogen-bond donors (Lipinski definition) is 0. The number of rotatable bonds is 5. The van der Waals surface area contributed by atoms with Gasteiger partial charge in [0.25, 0.3) is 5.91 Å². The summed E-state index contributed by atoms with van der Waals surface area (Å²) in [7, 11) is 4.05. The highest BCUT2D eigenvalue weighted by atomic mass is 16.2. The van der Waals surface area contributed by atoms with Crippen LogP contribution in [0.15, 0.2) is 48.7 Å². The Hall–Kier alpha value is -2.20. The van der Waals surface area contributed by atoms with E-state index in [9.17, 15) is 4.79 Å². The average Bonchev–Trinajstić information content (AvgIpc) is 2.71. The lowest BCUT2D eigenvalue weighted by molar-refractivity contribution is 0.0778. The summed E-state index contributed by atoms with van der Waals surface area (Å²) in [5.41, 5.74) is 3.04. The Morgan fingerprint density at radius 1 is 1.21 bits per heavy atom. The Kier molecular flexibility index (Phi) is 5.26. The molecule has 24 heavy (non-hydrogen) atoms. The van der Waals surface area contributed by atoms with E-state index in [0.29, 0.717) is 5.92 Å². The largest absolute Gasteiger partial charge is 0.341 e. The van der Waals surface area contributed by atoms with Crippen molar-refractivity contribution in [3.8, 4) is 0 Å². The second kappa shape index (κ2) is 7.58. The van der Waals surface area contributed by atoms with Crippen molar-refractivity contribution in [3.05, 3.63) is 65.5 Å². The monoisotopic (exact) mass is 323 g/mol. The van der Waals surface area contributed by atoms with Gasteiger partial charge in [-0.2, -0.15) is 0 Å². The molecule has 0 fully saturated rings. The summed E-state index contributed by atoms with van der Waals surface area (Å²) in [6, 6.07) is 14.3. The Bertz CT molecular complexity index is 686. The molecule has 1 aliphatic rings. The van der Waals surface area contributed by atoms with Gasteiger partial charge in [-0.15, -0.1) is 0 Å². The van der Waals surface area contributed by atoms with Gasteiger partial charge in [-0.25, -0.2) is 0 Å². The molecule has 2 heterocycles. The predicted octanol–water partition coefficient (Wildman–Crippen LogP) is 2.85. The maximum absolute atomic E-state index is 12.4. The van der Waals surface area contributed by atoms with Crippen LogP contribution in [0.2, 0.25) is 0 Å². The minimum Gasteiger partial charge on any atom is -0.341 e. The first-order valence-corrected chi connectivity index (χ1v) is 8.55. The Morgan fingerprint density at radius 2 is 2.00 bits per heavy atom. The quantitative estimate of drug-likeness (QED) is 0.849. The van der Waals surface area contributed by atoms with E-state index in [1.165, 1.54) is 5.56 Å². The third kappa shape index (κ3) is 4.01. The molecule has 1 unspecified atom stereocenters. The van der Waals surface area contributed by atoms with Gasteiger partial charge in [0, 0.05) is 26.3 Å². The highest BCUT2D eigenvalue weighted by molar-refractivity contribution is 5.95. The van der Waals surface area contributed by atoms with Gasteiger partial charge in [-0.05, 0) is 50.0 Å². The molecule has 0 saturated heterocycles. The molecule has 4 heteroatoms. The van der Waals surface area contributed by atoms with Crippen LogP contribution in [0.4, 0.5) is 0 Å². The molecule has 0 aliphatic carbocycles. The van der Waals surface area contributed by atoms with Gasteiger partial charge in [0.05, 0.1) is 11.3 Å². The van der Waals surface area contributed by atoms with Gasteiger partial charge in [-0.3, -0.25) is 9.78 Å². The third-order valence-electron chi connectivity index (χ3n) is 4.70. The van der Waals surface area contributed by atoms with Gasteiger partial charge in [0.2, 0.25) is 0 Å². The van der Waals surface area contributed by atoms with Crippen LogP contribution in [-0.4, -0.2) is 47.9 Å². The molecule has 1 amide bonds. The summed E-state index contributed by atoms with van der Waals surface area (Å²) in [6.45, 7) is 2.77. The zero-order valence-electron chi connectivity index (χ0n) is 14.5. The minimum absolute atomic E-state index is 0.0956. The van der Waals surface area contributed by atoms with E-state index < -0.39 is 0 Å². The first-order chi connectivity index (χ1) is 11.6. The molecule has 1 aliphatic heterocycles. The van der Waals surface area contributed by atoms with Crippen LogP contribution in [0.1, 0.15) is 28.0 Å². The zero-order valence-corrected chi connectivity index (χ0v) is 14.5. The van der Waals surface area contributed by atoms with Crippen LogP contribution in [0.3, 0.4) is 0 Å². The fraction of sp³-hybridized carbons (Fsp3) is 0.400. The number of carbonyl (C=O) groups excluding carboxylic acids is 1. The smallest absolute Gasteiger partial charge is 0.255 e. The van der Waals surface area contributed by atoms with Gasteiger partial charge >= 0.3 is 0 Å². The summed E-state index contributed by atoms with van der Waals surface area (Å²) in [4.78, 5) is 21.1. The molecule has 1 aromatic carbocycles. The van der Waals surface area contributed by atoms with Crippen LogP contribution < -0.4 is 0 Å². The standard InChI is InChI=1S/C20H25N3O/c1-22(14-16-7-4-3-5-8-16)12-10-17-13-19-18(9-6-11-21-19)20(24)23(2)15-17/h3-9,11,17H,10,12-15H2,1-2H3. The molecule has 3 rings (SSSR count). The van der Waals surface area contributed by atoms with Crippen LogP contribution in [0.25, 0.3) is 0 Å². The number of nitrogens with zero attached hydrogens (tertiary/aromatic N) is 3. The lowest BCUT2D eigenvalue weighted by Crippen LogP contribution is -2.31. The lowest BCUT2D eigenvalue weighted by Gasteiger charge is -2.23. The van der Waals surface area contributed by atoms with E-state index in [4.69, 9.17) is 0 Å². The Balaban J connectivity index is 1.60. The first kappa shape index (κ1) is 16.7. The van der Waals surface area contributed by atoms with Crippen LogP contribution in [0.5, 0.6) is 0 Å². The van der Waals surface area contributed by atoms with Crippen molar-refractivity contribution in [2.75, 3.05) is 27.2 Å². The number of fused-ring (bicyclic) bond motifs is 1. The maximum atomic E-state index is 12.4. The number of carbonyl (C=O) groups is 1. The fourth-order valence-corrected chi connectivity index (χ4v) is 3.38. The molecule has 1 aromatic heterocycles. The average molecular weight is 323 g/mol. The van der Waals surface area contributed by atoms with Crippen LogP contribution >= 0.6 is 0 Å². The van der Waals surface area contributed by atoms with E-state index in [2.05, 4.69) is 41.2 Å². The molecule has 0 bridgehead atoms. The zero-order chi connectivity index (χ0) is 16.9. The molecular weight excluding hydrogens is 298 g/mol. The van der Waals surface area contributed by atoms with Crippen LogP contribution in [-0.2, 0) is 13.0 Å². The van der Waals surface area contributed by atoms with Gasteiger partial charge in [0.15, 0.2) is 0 Å². The summed E-state index contributed by atoms with van der Waals surface area (Å²) in [5, 5.41) is 0. The van der Waals surface area contributed by atoms with Crippen molar-refractivity contribution < 1.29 is 4.79 Å². The number of aromatic nitrogens is 1. The summed E-state index contributed by atoms with van der Waals surface area (Å²) < 4.78 is 0. The lowest BCUT2D eigenvalue weighted by atomic mass is 9.98. The second-order valence-corrected chi connectivity index (χ2v) is 6.77. The van der Waals surface area contributed by atoms with Crippen molar-refractivity contribution in [1.29, 1.82) is 0 Å². The second-order valence-electron chi connectivity index (χ2n) is 6.77. The molecular formula is C20H25N3O. The van der Waals surface area contributed by atoms with E-state index in [1.54, 1.807) is 6.20 Å². The van der Waals surface area contributed by atoms with E-state index in [1.807, 2.05) is 30.1 Å². The topological polar surface area (TPSA) is 36.4 Å². The first-order valence-electron chi connectivity index (χ1n) is 8.55. The van der Waals surface area contributed by atoms with E-state index in [-0.39, 0.29) is 5.91 Å². The fourth-order valence-electron chi connectivity index (χ4n) is 3.38. The molecule has 0 spiro atoms. The molecule has 4 nitrogen and oxygen atoms in total. The number of hydrogen-bond acceptors (Lipinski definition) is 3. The molecule has 0 radical (unpaired) electrons. The Morgan fingerprint density at radius 3 is 2.79 bits per heavy atom. The number of benzene rings is 1. The van der Waals surface area contributed by atoms with Crippen molar-refractivity contribution in [2.45, 2.75) is 19.4 Å². The highest BCUT2D eigenvalue weighted by Gasteiger charge is 2.26. The van der Waals surface area contributed by atoms with Gasteiger partial charge < -0.3 is 9.80 Å². The molecule has 1 atom stereocenters. The summed E-state index contributed by atoms with van der Waals surface area (Å²) in [5.74, 6) is 0.548. The van der Waals surface area contributed by atoms with Crippen molar-refractivity contribution in [2.24, 2.45) is 5.92 Å². The number of amides is 1. The van der Waals surface area contributed by atoms with E-state index >= 15 is 0 Å². The highest BCUT2D eigenvalue weighted by Crippen LogP contribution is 2.22. The Labute approximate surface area is 144 Å². The van der Waals surface area contributed by atoms with Gasteiger partial charge in [-0.1, -0.05) is 30.3 Å². The minimum atomic E-state index is 0.0956. The maximum Gasteiger partial charge on any atom is 0.255 e. The molecule has 126 valence electrons. The van der Waals surface area contributed by atoms with Gasteiger partial charge in [0.1, 0.15) is 0 Å². The number of pyridine rings is 1. The molecule has 0 N–H and O–H groups in total. The van der Waals surface area contributed by atoms with Crippen LogP contribution in [0, 0.1) is 5.92 Å². The molecule has 2 aromatic rings. The normalized spacial score (nSPS) is 17.7. The summed E-state index contributed by atoms with van der Waals surface area (Å²) >= 11 is 0. The van der Waals surface area contributed by atoms with Crippen molar-refractivity contribution in [3.63, 3.8) is 0 Å². The van der Waals surface area contributed by atoms with Crippen molar-refractivity contribution >= 4 is 5.91 Å². The molecule has 0 saturated carbocycles. The predicted molar refractivity (Wildman–Crippen MR) is 95.8 cm³/mol. The van der Waals surface area contributed by atoms with E-state index in [0.717, 1.165) is 43.7 Å². The third-order valence-corrected chi connectivity index (χ3v) is 4.70. The van der Waals surface area contributed by atoms with Crippen molar-refractivity contribution in [1.82, 2.24) is 14.8 Å².